The number of hydrogen-bond acceptors (Lipinski definition) is 9. The van der Waals surface area contributed by atoms with Gasteiger partial charge in [0.1, 0.15) is 6.10 Å². The van der Waals surface area contributed by atoms with Gasteiger partial charge in [-0.05, 0) is 58.0 Å². The standard InChI is InChI=1S/C41H78N2O8/c1-5-8-11-14-16-21-32-47-40(48-33-22-17-15-12-9-6-2)27-26-39(45)50-35-36(4)34-49-38(44)25-24-37(23-18-13-10-7-3)51-41(46)42-28-31-43-29-19-20-30-43/h36-37,40H,5-35H2,1-4H3,(H,42,46). The Morgan fingerprint density at radius 2 is 1.12 bits per heavy atom. The van der Waals surface area contributed by atoms with Crippen molar-refractivity contribution < 1.29 is 38.1 Å². The molecule has 1 saturated heterocycles. The summed E-state index contributed by atoms with van der Waals surface area (Å²) >= 11 is 0. The van der Waals surface area contributed by atoms with Crippen LogP contribution in [-0.2, 0) is 33.3 Å². The van der Waals surface area contributed by atoms with Crippen molar-refractivity contribution in [2.24, 2.45) is 5.92 Å². The van der Waals surface area contributed by atoms with E-state index in [1.165, 1.54) is 64.2 Å². The Balaban J connectivity index is 2.35. The summed E-state index contributed by atoms with van der Waals surface area (Å²) in [6.07, 6.45) is 21.9. The minimum Gasteiger partial charge on any atom is -0.465 e. The molecule has 2 unspecified atom stereocenters. The highest BCUT2D eigenvalue weighted by Crippen LogP contribution is 2.16. The fourth-order valence-electron chi connectivity index (χ4n) is 6.16. The summed E-state index contributed by atoms with van der Waals surface area (Å²) in [6.45, 7) is 13.7. The molecule has 1 aliphatic heterocycles. The van der Waals surface area contributed by atoms with Crippen LogP contribution in [0.15, 0.2) is 0 Å². The first-order valence-corrected chi connectivity index (χ1v) is 21.1. The van der Waals surface area contributed by atoms with Crippen LogP contribution in [-0.4, -0.2) is 87.9 Å². The van der Waals surface area contributed by atoms with Gasteiger partial charge in [-0.3, -0.25) is 9.59 Å². The number of likely N-dealkylation sites (tertiary alicyclic amines) is 1. The Kier molecular flexibility index (Phi) is 31.3. The van der Waals surface area contributed by atoms with Crippen LogP contribution in [0.25, 0.3) is 0 Å². The smallest absolute Gasteiger partial charge is 0.407 e. The summed E-state index contributed by atoms with van der Waals surface area (Å²) < 4.78 is 28.8. The molecule has 0 radical (unpaired) electrons. The monoisotopic (exact) mass is 727 g/mol. The zero-order valence-electron chi connectivity index (χ0n) is 33.4. The van der Waals surface area contributed by atoms with E-state index in [-0.39, 0.29) is 50.0 Å². The highest BCUT2D eigenvalue weighted by molar-refractivity contribution is 5.70. The third kappa shape index (κ3) is 29.3. The largest absolute Gasteiger partial charge is 0.465 e. The van der Waals surface area contributed by atoms with Crippen molar-refractivity contribution in [3.63, 3.8) is 0 Å². The summed E-state index contributed by atoms with van der Waals surface area (Å²) in [5, 5.41) is 2.87. The van der Waals surface area contributed by atoms with E-state index in [4.69, 9.17) is 23.7 Å². The van der Waals surface area contributed by atoms with Gasteiger partial charge in [0.2, 0.25) is 0 Å². The fraction of sp³-hybridized carbons (Fsp3) is 0.927. The molecule has 0 aromatic carbocycles. The molecule has 0 saturated carbocycles. The number of unbranched alkanes of at least 4 members (excludes halogenated alkanes) is 13. The minimum atomic E-state index is -0.418. The molecule has 1 aliphatic rings. The first-order valence-electron chi connectivity index (χ1n) is 21.1. The lowest BCUT2D eigenvalue weighted by molar-refractivity contribution is -0.160. The van der Waals surface area contributed by atoms with E-state index < -0.39 is 12.4 Å². The average Bonchev–Trinajstić information content (AvgIpc) is 3.65. The first-order chi connectivity index (χ1) is 24.9. The predicted octanol–water partition coefficient (Wildman–Crippen LogP) is 9.51. The zero-order valence-corrected chi connectivity index (χ0v) is 33.4. The van der Waals surface area contributed by atoms with Gasteiger partial charge >= 0.3 is 18.0 Å². The van der Waals surface area contributed by atoms with Crippen LogP contribution in [0.3, 0.4) is 0 Å². The molecule has 1 N–H and O–H groups in total. The van der Waals surface area contributed by atoms with E-state index in [1.54, 1.807) is 0 Å². The summed E-state index contributed by atoms with van der Waals surface area (Å²) in [6, 6.07) is 0. The topological polar surface area (TPSA) is 113 Å². The van der Waals surface area contributed by atoms with Gasteiger partial charge in [0.05, 0.1) is 19.6 Å². The molecule has 10 heteroatoms. The number of ether oxygens (including phenoxy) is 5. The molecule has 1 rings (SSSR count). The molecule has 300 valence electrons. The fourth-order valence-corrected chi connectivity index (χ4v) is 6.16. The van der Waals surface area contributed by atoms with Crippen LogP contribution in [0.1, 0.15) is 175 Å². The number of hydrogen-bond donors (Lipinski definition) is 1. The SMILES string of the molecule is CCCCCCCCOC(CCC(=O)OCC(C)COC(=O)CCC(CCCCCC)OC(=O)NCCN1CCCC1)OCCCCCCCC. The highest BCUT2D eigenvalue weighted by atomic mass is 16.7. The number of esters is 2. The number of amides is 1. The molecular weight excluding hydrogens is 648 g/mol. The Morgan fingerprint density at radius 1 is 0.627 bits per heavy atom. The number of nitrogens with one attached hydrogen (secondary N) is 1. The minimum absolute atomic E-state index is 0.135. The number of rotatable bonds is 35. The summed E-state index contributed by atoms with van der Waals surface area (Å²) in [5.74, 6) is -0.770. The molecule has 10 nitrogen and oxygen atoms in total. The van der Waals surface area contributed by atoms with Crippen molar-refractivity contribution in [3.8, 4) is 0 Å². The number of carbonyl (C=O) groups is 3. The van der Waals surface area contributed by atoms with Gasteiger partial charge in [0.25, 0.3) is 0 Å². The van der Waals surface area contributed by atoms with Crippen molar-refractivity contribution in [1.82, 2.24) is 10.2 Å². The normalized spacial score (nSPS) is 14.5. The summed E-state index contributed by atoms with van der Waals surface area (Å²) in [4.78, 5) is 40.0. The molecule has 0 aromatic rings. The lowest BCUT2D eigenvalue weighted by atomic mass is 10.1. The van der Waals surface area contributed by atoms with Crippen LogP contribution < -0.4 is 5.32 Å². The molecule has 0 bridgehead atoms. The lowest BCUT2D eigenvalue weighted by Crippen LogP contribution is -2.35. The van der Waals surface area contributed by atoms with Crippen LogP contribution in [0, 0.1) is 5.92 Å². The average molecular weight is 727 g/mol. The highest BCUT2D eigenvalue weighted by Gasteiger charge is 2.19. The molecule has 0 aromatic heterocycles. The van der Waals surface area contributed by atoms with Gasteiger partial charge in [-0.1, -0.05) is 111 Å². The second kappa shape index (κ2) is 33.9. The van der Waals surface area contributed by atoms with E-state index in [1.807, 2.05) is 6.92 Å². The Bertz CT molecular complexity index is 820. The van der Waals surface area contributed by atoms with Crippen LogP contribution >= 0.6 is 0 Å². The van der Waals surface area contributed by atoms with Crippen LogP contribution in [0.5, 0.6) is 0 Å². The van der Waals surface area contributed by atoms with Gasteiger partial charge in [-0.15, -0.1) is 0 Å². The van der Waals surface area contributed by atoms with Crippen molar-refractivity contribution >= 4 is 18.0 Å². The van der Waals surface area contributed by atoms with Gasteiger partial charge in [-0.25, -0.2) is 4.79 Å². The quantitative estimate of drug-likeness (QED) is 0.0295. The van der Waals surface area contributed by atoms with E-state index in [9.17, 15) is 14.4 Å². The maximum absolute atomic E-state index is 12.6. The number of carbonyl (C=O) groups excluding carboxylic acids is 3. The molecule has 1 amide bonds. The predicted molar refractivity (Wildman–Crippen MR) is 205 cm³/mol. The molecule has 0 spiro atoms. The Morgan fingerprint density at radius 3 is 1.67 bits per heavy atom. The third-order valence-electron chi connectivity index (χ3n) is 9.46. The Labute approximate surface area is 312 Å². The van der Waals surface area contributed by atoms with Crippen LogP contribution in [0.2, 0.25) is 0 Å². The zero-order chi connectivity index (χ0) is 37.2. The van der Waals surface area contributed by atoms with E-state index in [0.717, 1.165) is 77.4 Å². The summed E-state index contributed by atoms with van der Waals surface area (Å²) in [7, 11) is 0. The van der Waals surface area contributed by atoms with Crippen molar-refractivity contribution in [2.75, 3.05) is 52.6 Å². The van der Waals surface area contributed by atoms with Crippen molar-refractivity contribution in [3.05, 3.63) is 0 Å². The number of nitrogens with zero attached hydrogens (tertiary/aromatic N) is 1. The van der Waals surface area contributed by atoms with E-state index in [2.05, 4.69) is 31.0 Å². The van der Waals surface area contributed by atoms with Crippen LogP contribution in [0.4, 0.5) is 4.79 Å². The maximum Gasteiger partial charge on any atom is 0.407 e. The Hall–Kier alpha value is -1.91. The van der Waals surface area contributed by atoms with Gasteiger partial charge < -0.3 is 33.9 Å². The lowest BCUT2D eigenvalue weighted by Gasteiger charge is -2.20. The van der Waals surface area contributed by atoms with Gasteiger partial charge in [0, 0.05) is 45.1 Å². The molecule has 2 atom stereocenters. The molecule has 1 fully saturated rings. The van der Waals surface area contributed by atoms with E-state index in [0.29, 0.717) is 32.6 Å². The summed E-state index contributed by atoms with van der Waals surface area (Å²) in [5.41, 5.74) is 0. The maximum atomic E-state index is 12.6. The third-order valence-corrected chi connectivity index (χ3v) is 9.46. The molecule has 0 aliphatic carbocycles. The molecule has 51 heavy (non-hydrogen) atoms. The van der Waals surface area contributed by atoms with Crippen molar-refractivity contribution in [2.45, 2.75) is 188 Å². The first kappa shape index (κ1) is 47.1. The molecular formula is C41H78N2O8. The van der Waals surface area contributed by atoms with Crippen molar-refractivity contribution in [1.29, 1.82) is 0 Å². The second-order valence-corrected chi connectivity index (χ2v) is 14.6. The van der Waals surface area contributed by atoms with E-state index >= 15 is 0 Å². The molecule has 1 heterocycles. The van der Waals surface area contributed by atoms with Gasteiger partial charge in [0.15, 0.2) is 6.29 Å². The number of alkyl carbamates (subject to hydrolysis) is 1. The van der Waals surface area contributed by atoms with Gasteiger partial charge in [-0.2, -0.15) is 0 Å². The second-order valence-electron chi connectivity index (χ2n) is 14.6.